The average Bonchev–Trinajstić information content (AvgIpc) is 2.50. The van der Waals surface area contributed by atoms with Crippen LogP contribution in [-0.2, 0) is 16.1 Å². The van der Waals surface area contributed by atoms with Crippen molar-refractivity contribution in [3.8, 4) is 0 Å². The summed E-state index contributed by atoms with van der Waals surface area (Å²) in [6, 6.07) is 6.91. The zero-order valence-electron chi connectivity index (χ0n) is 13.8. The minimum absolute atomic E-state index is 0.173. The normalized spacial score (nSPS) is 25.9. The summed E-state index contributed by atoms with van der Waals surface area (Å²) in [5.74, 6) is 0.173. The Hall–Kier alpha value is -1.39. The fraction of sp³-hybridized carbons (Fsp3) is 0.611. The molecule has 3 rings (SSSR count). The molecular formula is C18H26N2O2. The van der Waals surface area contributed by atoms with Crippen LogP contribution in [0.5, 0.6) is 0 Å². The van der Waals surface area contributed by atoms with Gasteiger partial charge in [-0.05, 0) is 37.0 Å². The zero-order chi connectivity index (χ0) is 15.7. The summed E-state index contributed by atoms with van der Waals surface area (Å²) in [6.45, 7) is 10.3. The fourth-order valence-electron chi connectivity index (χ4n) is 3.63. The van der Waals surface area contributed by atoms with Gasteiger partial charge in [-0.2, -0.15) is 0 Å². The van der Waals surface area contributed by atoms with E-state index in [1.807, 2.05) is 4.90 Å². The molecule has 2 saturated heterocycles. The number of carbonyl (C=O) groups excluding carboxylic acids is 1. The Balaban J connectivity index is 1.68. The maximum absolute atomic E-state index is 11.9. The molecule has 1 amide bonds. The van der Waals surface area contributed by atoms with Crippen LogP contribution in [-0.4, -0.2) is 54.1 Å². The standard InChI is InChI=1S/C18H26N2O2/c1-13-4-5-16(10-14(13)2)11-19-7-6-18-17(12-19)20(15(3)21)8-9-22-18/h4-5,10,17-18H,6-9,11-12H2,1-3H3/t17-,18-/m0/s1. The van der Waals surface area contributed by atoms with Crippen molar-refractivity contribution in [1.29, 1.82) is 0 Å². The molecule has 0 aromatic heterocycles. The second-order valence-electron chi connectivity index (χ2n) is 6.63. The number of hydrogen-bond donors (Lipinski definition) is 0. The molecule has 1 aromatic carbocycles. The smallest absolute Gasteiger partial charge is 0.219 e. The van der Waals surface area contributed by atoms with E-state index in [1.165, 1.54) is 16.7 Å². The molecule has 1 aromatic rings. The van der Waals surface area contributed by atoms with Gasteiger partial charge in [-0.3, -0.25) is 9.69 Å². The minimum Gasteiger partial charge on any atom is -0.374 e. The molecule has 0 N–H and O–H groups in total. The number of nitrogens with zero attached hydrogens (tertiary/aromatic N) is 2. The molecule has 2 atom stereocenters. The van der Waals surface area contributed by atoms with Crippen molar-refractivity contribution in [3.05, 3.63) is 34.9 Å². The topological polar surface area (TPSA) is 32.8 Å². The molecule has 120 valence electrons. The number of benzene rings is 1. The Kier molecular flexibility index (Phi) is 4.50. The van der Waals surface area contributed by atoms with Crippen LogP contribution in [0.1, 0.15) is 30.0 Å². The van der Waals surface area contributed by atoms with E-state index in [0.29, 0.717) is 6.61 Å². The summed E-state index contributed by atoms with van der Waals surface area (Å²) in [6.07, 6.45) is 1.23. The number of piperidine rings is 1. The van der Waals surface area contributed by atoms with Crippen molar-refractivity contribution < 1.29 is 9.53 Å². The minimum atomic E-state index is 0.173. The Morgan fingerprint density at radius 2 is 2.09 bits per heavy atom. The van der Waals surface area contributed by atoms with E-state index >= 15 is 0 Å². The SMILES string of the molecule is CC(=O)N1CCO[C@H]2CCN(Cc3ccc(C)c(C)c3)C[C@@H]21. The first-order chi connectivity index (χ1) is 10.5. The summed E-state index contributed by atoms with van der Waals surface area (Å²) in [4.78, 5) is 16.3. The van der Waals surface area contributed by atoms with Gasteiger partial charge in [0.25, 0.3) is 0 Å². The van der Waals surface area contributed by atoms with Gasteiger partial charge in [-0.15, -0.1) is 0 Å². The monoisotopic (exact) mass is 302 g/mol. The highest BCUT2D eigenvalue weighted by atomic mass is 16.5. The van der Waals surface area contributed by atoms with Crippen molar-refractivity contribution in [2.45, 2.75) is 45.9 Å². The van der Waals surface area contributed by atoms with Crippen molar-refractivity contribution in [2.75, 3.05) is 26.2 Å². The van der Waals surface area contributed by atoms with E-state index in [0.717, 1.165) is 32.6 Å². The molecule has 2 fully saturated rings. The van der Waals surface area contributed by atoms with Crippen LogP contribution in [0.4, 0.5) is 0 Å². The predicted molar refractivity (Wildman–Crippen MR) is 86.7 cm³/mol. The highest BCUT2D eigenvalue weighted by Gasteiger charge is 2.38. The molecular weight excluding hydrogens is 276 g/mol. The highest BCUT2D eigenvalue weighted by Crippen LogP contribution is 2.24. The van der Waals surface area contributed by atoms with Gasteiger partial charge in [0.2, 0.25) is 5.91 Å². The Bertz CT molecular complexity index is 558. The quantitative estimate of drug-likeness (QED) is 0.839. The third kappa shape index (κ3) is 3.18. The molecule has 4 nitrogen and oxygen atoms in total. The number of ether oxygens (including phenoxy) is 1. The zero-order valence-corrected chi connectivity index (χ0v) is 13.8. The molecule has 0 radical (unpaired) electrons. The van der Waals surface area contributed by atoms with Gasteiger partial charge in [-0.25, -0.2) is 0 Å². The first-order valence-corrected chi connectivity index (χ1v) is 8.22. The van der Waals surface area contributed by atoms with Crippen LogP contribution in [0.25, 0.3) is 0 Å². The number of morpholine rings is 1. The lowest BCUT2D eigenvalue weighted by Gasteiger charge is -2.46. The summed E-state index contributed by atoms with van der Waals surface area (Å²) in [7, 11) is 0. The van der Waals surface area contributed by atoms with Crippen molar-refractivity contribution in [1.82, 2.24) is 9.80 Å². The number of fused-ring (bicyclic) bond motifs is 1. The molecule has 4 heteroatoms. The highest BCUT2D eigenvalue weighted by molar-refractivity contribution is 5.73. The summed E-state index contributed by atoms with van der Waals surface area (Å²) < 4.78 is 5.88. The van der Waals surface area contributed by atoms with Crippen LogP contribution in [0.2, 0.25) is 0 Å². The van der Waals surface area contributed by atoms with Crippen LogP contribution in [0.3, 0.4) is 0 Å². The molecule has 2 aliphatic heterocycles. The van der Waals surface area contributed by atoms with E-state index in [-0.39, 0.29) is 18.1 Å². The number of rotatable bonds is 2. The molecule has 0 bridgehead atoms. The Morgan fingerprint density at radius 3 is 2.82 bits per heavy atom. The number of likely N-dealkylation sites (tertiary alicyclic amines) is 1. The van der Waals surface area contributed by atoms with Crippen molar-refractivity contribution >= 4 is 5.91 Å². The van der Waals surface area contributed by atoms with Crippen LogP contribution in [0, 0.1) is 13.8 Å². The molecule has 2 aliphatic rings. The van der Waals surface area contributed by atoms with E-state index in [9.17, 15) is 4.79 Å². The van der Waals surface area contributed by atoms with Crippen LogP contribution >= 0.6 is 0 Å². The average molecular weight is 302 g/mol. The number of amides is 1. The van der Waals surface area contributed by atoms with E-state index in [1.54, 1.807) is 6.92 Å². The molecule has 0 unspecified atom stereocenters. The first kappa shape index (κ1) is 15.5. The summed E-state index contributed by atoms with van der Waals surface area (Å²) in [5, 5.41) is 0. The Labute approximate surface area is 133 Å². The molecule has 0 saturated carbocycles. The third-order valence-electron chi connectivity index (χ3n) is 5.05. The van der Waals surface area contributed by atoms with E-state index in [4.69, 9.17) is 4.74 Å². The predicted octanol–water partition coefficient (Wildman–Crippen LogP) is 2.13. The second-order valence-corrected chi connectivity index (χ2v) is 6.63. The van der Waals surface area contributed by atoms with Gasteiger partial charge in [-0.1, -0.05) is 18.2 Å². The molecule has 22 heavy (non-hydrogen) atoms. The van der Waals surface area contributed by atoms with Gasteiger partial charge in [0.15, 0.2) is 0 Å². The summed E-state index contributed by atoms with van der Waals surface area (Å²) in [5.41, 5.74) is 4.04. The number of hydrogen-bond acceptors (Lipinski definition) is 3. The Morgan fingerprint density at radius 1 is 1.27 bits per heavy atom. The van der Waals surface area contributed by atoms with Gasteiger partial charge < -0.3 is 9.64 Å². The van der Waals surface area contributed by atoms with Crippen LogP contribution in [0.15, 0.2) is 18.2 Å². The van der Waals surface area contributed by atoms with Crippen molar-refractivity contribution in [3.63, 3.8) is 0 Å². The lowest BCUT2D eigenvalue weighted by molar-refractivity contribution is -0.150. The number of carbonyl (C=O) groups is 1. The van der Waals surface area contributed by atoms with Gasteiger partial charge in [0, 0.05) is 33.1 Å². The molecule has 0 spiro atoms. The largest absolute Gasteiger partial charge is 0.374 e. The van der Waals surface area contributed by atoms with Gasteiger partial charge in [0.05, 0.1) is 18.8 Å². The third-order valence-corrected chi connectivity index (χ3v) is 5.05. The lowest BCUT2D eigenvalue weighted by atomic mass is 9.97. The van der Waals surface area contributed by atoms with E-state index in [2.05, 4.69) is 36.9 Å². The maximum Gasteiger partial charge on any atom is 0.219 e. The van der Waals surface area contributed by atoms with Gasteiger partial charge >= 0.3 is 0 Å². The maximum atomic E-state index is 11.9. The number of aryl methyl sites for hydroxylation is 2. The first-order valence-electron chi connectivity index (χ1n) is 8.22. The molecule has 0 aliphatic carbocycles. The fourth-order valence-corrected chi connectivity index (χ4v) is 3.63. The van der Waals surface area contributed by atoms with Crippen LogP contribution < -0.4 is 0 Å². The molecule has 2 heterocycles. The van der Waals surface area contributed by atoms with E-state index < -0.39 is 0 Å². The van der Waals surface area contributed by atoms with Crippen molar-refractivity contribution in [2.24, 2.45) is 0 Å². The second kappa shape index (κ2) is 6.39. The lowest BCUT2D eigenvalue weighted by Crippen LogP contribution is -2.60. The van der Waals surface area contributed by atoms with Gasteiger partial charge in [0.1, 0.15) is 0 Å². The summed E-state index contributed by atoms with van der Waals surface area (Å²) >= 11 is 0.